The van der Waals surface area contributed by atoms with Crippen LogP contribution in [-0.4, -0.2) is 26.5 Å². The van der Waals surface area contributed by atoms with Crippen LogP contribution in [0, 0.1) is 11.6 Å². The predicted molar refractivity (Wildman–Crippen MR) is 152 cm³/mol. The molecule has 2 aromatic heterocycles. The Bertz CT molecular complexity index is 1550. The van der Waals surface area contributed by atoms with Gasteiger partial charge < -0.3 is 25.5 Å². The summed E-state index contributed by atoms with van der Waals surface area (Å²) in [5.74, 6) is -0.775. The quantitative estimate of drug-likeness (QED) is 0.123. The highest BCUT2D eigenvalue weighted by atomic mass is 32.1. The van der Waals surface area contributed by atoms with E-state index in [0.717, 1.165) is 5.56 Å². The molecule has 1 unspecified atom stereocenters. The summed E-state index contributed by atoms with van der Waals surface area (Å²) in [4.78, 5) is 18.9. The van der Waals surface area contributed by atoms with Crippen molar-refractivity contribution < 1.29 is 23.4 Å². The molecule has 0 saturated carbocycles. The fourth-order valence-corrected chi connectivity index (χ4v) is 4.07. The molecule has 204 valence electrons. The van der Waals surface area contributed by atoms with E-state index in [0.29, 0.717) is 33.9 Å². The zero-order valence-corrected chi connectivity index (χ0v) is 22.6. The third-order valence-corrected chi connectivity index (χ3v) is 6.17. The Labute approximate surface area is 230 Å². The maximum Gasteiger partial charge on any atom is 0.204 e. The number of benzene rings is 3. The Balaban J connectivity index is 0.000000787. The van der Waals surface area contributed by atoms with Crippen LogP contribution in [0.15, 0.2) is 73.1 Å². The number of primary amides is 1. The smallest absolute Gasteiger partial charge is 0.204 e. The molecule has 7 nitrogen and oxygen atoms in total. The second-order valence-corrected chi connectivity index (χ2v) is 8.60. The molecule has 0 aliphatic rings. The van der Waals surface area contributed by atoms with Crippen molar-refractivity contribution in [3.05, 3.63) is 102 Å². The van der Waals surface area contributed by atoms with Gasteiger partial charge in [0.2, 0.25) is 6.41 Å². The molecular weight excluding hydrogens is 522 g/mol. The first kappa shape index (κ1) is 29.4. The van der Waals surface area contributed by atoms with Gasteiger partial charge in [-0.25, -0.2) is 13.8 Å². The topological polar surface area (TPSA) is 117 Å². The second-order valence-electron chi connectivity index (χ2n) is 8.28. The summed E-state index contributed by atoms with van der Waals surface area (Å²) < 4.78 is 34.9. The number of fused-ring (bicyclic) bond motifs is 1. The van der Waals surface area contributed by atoms with Gasteiger partial charge in [-0.05, 0) is 36.2 Å². The predicted octanol–water partition coefficient (Wildman–Crippen LogP) is 6.44. The van der Waals surface area contributed by atoms with Crippen molar-refractivity contribution in [1.29, 1.82) is 0 Å². The molecule has 3 aromatic carbocycles. The van der Waals surface area contributed by atoms with E-state index in [1.54, 1.807) is 37.4 Å². The fraction of sp³-hybridized carbons (Fsp3) is 0.172. The second kappa shape index (κ2) is 13.1. The van der Waals surface area contributed by atoms with E-state index in [9.17, 15) is 13.9 Å². The lowest BCUT2D eigenvalue weighted by Gasteiger charge is -2.23. The highest BCUT2D eigenvalue weighted by Gasteiger charge is 2.28. The summed E-state index contributed by atoms with van der Waals surface area (Å²) in [6, 6.07) is 17.0. The van der Waals surface area contributed by atoms with E-state index in [1.807, 2.05) is 38.1 Å². The molecule has 0 spiro atoms. The van der Waals surface area contributed by atoms with Crippen molar-refractivity contribution in [3.8, 4) is 22.9 Å². The molecule has 1 atom stereocenters. The average Bonchev–Trinajstić information content (AvgIpc) is 3.64. The van der Waals surface area contributed by atoms with Gasteiger partial charge in [0.05, 0.1) is 17.4 Å². The molecule has 5 N–H and O–H groups in total. The van der Waals surface area contributed by atoms with Gasteiger partial charge in [-0.2, -0.15) is 12.6 Å². The van der Waals surface area contributed by atoms with Crippen molar-refractivity contribution >= 4 is 29.9 Å². The number of hydrogen-bond acceptors (Lipinski definition) is 5. The molecule has 1 amide bonds. The van der Waals surface area contributed by atoms with Crippen LogP contribution in [0.3, 0.4) is 0 Å². The van der Waals surface area contributed by atoms with Crippen LogP contribution < -0.4 is 10.5 Å². The zero-order chi connectivity index (χ0) is 28.6. The molecule has 10 heteroatoms. The Morgan fingerprint density at radius 1 is 1.13 bits per heavy atom. The minimum Gasteiger partial charge on any atom is -0.451 e. The number of carbonyl (C=O) groups excluding carboxylic acids is 1. The summed E-state index contributed by atoms with van der Waals surface area (Å²) in [6.45, 7) is 5.68. The minimum absolute atomic E-state index is 0.243. The SMILES string of the molecule is CC.CC(O)(c1cccc(CS)c1)c1cnc(-c2cccc(Oc3c(F)cc4[nH]ccc4c3F)c2)[nH]1.NC=O. The van der Waals surface area contributed by atoms with E-state index in [2.05, 4.69) is 33.3 Å². The first-order chi connectivity index (χ1) is 18.8. The first-order valence-corrected chi connectivity index (χ1v) is 12.8. The van der Waals surface area contributed by atoms with Crippen molar-refractivity contribution in [3.63, 3.8) is 0 Å². The standard InChI is InChI=1S/C26H21F2N3O2S.C2H6.CH3NO/c1-26(32,17-6-2-4-15(10-17)14-34)22-13-30-25(31-22)16-5-3-7-18(11-16)33-24-20(27)12-21-19(23(24)28)8-9-29-21;1-2;2-1-3/h2-13,29,32,34H,14H2,1H3,(H,30,31);1-2H3;1H,(H2,2,3). The summed E-state index contributed by atoms with van der Waals surface area (Å²) in [7, 11) is 0. The number of rotatable bonds is 6. The normalized spacial score (nSPS) is 12.0. The number of ether oxygens (including phenoxy) is 1. The highest BCUT2D eigenvalue weighted by Crippen LogP contribution is 2.35. The van der Waals surface area contributed by atoms with Crippen LogP contribution in [0.5, 0.6) is 11.5 Å². The summed E-state index contributed by atoms with van der Waals surface area (Å²) in [5.41, 5.74) is 6.04. The van der Waals surface area contributed by atoms with E-state index >= 15 is 0 Å². The molecule has 0 radical (unpaired) electrons. The molecule has 0 saturated heterocycles. The number of nitrogens with zero attached hydrogens (tertiary/aromatic N) is 1. The molecule has 5 rings (SSSR count). The van der Waals surface area contributed by atoms with Crippen LogP contribution >= 0.6 is 12.6 Å². The Hall–Kier alpha value is -4.15. The number of H-pyrrole nitrogens is 2. The van der Waals surface area contributed by atoms with Gasteiger partial charge >= 0.3 is 0 Å². The zero-order valence-electron chi connectivity index (χ0n) is 21.7. The van der Waals surface area contributed by atoms with Gasteiger partial charge in [-0.3, -0.25) is 4.79 Å². The third-order valence-electron chi connectivity index (χ3n) is 5.80. The van der Waals surface area contributed by atoms with Gasteiger partial charge in [0, 0.05) is 29.0 Å². The van der Waals surface area contributed by atoms with Gasteiger partial charge in [0.15, 0.2) is 17.4 Å². The number of aliphatic hydroxyl groups is 1. The molecular formula is C29H30F2N4O3S. The van der Waals surface area contributed by atoms with Gasteiger partial charge in [-0.1, -0.05) is 50.2 Å². The monoisotopic (exact) mass is 552 g/mol. The van der Waals surface area contributed by atoms with Crippen molar-refractivity contribution in [1.82, 2.24) is 15.0 Å². The lowest BCUT2D eigenvalue weighted by Crippen LogP contribution is -2.23. The number of aromatic nitrogens is 3. The molecule has 5 aromatic rings. The van der Waals surface area contributed by atoms with Gasteiger partial charge in [-0.15, -0.1) is 0 Å². The Morgan fingerprint density at radius 3 is 2.56 bits per heavy atom. The highest BCUT2D eigenvalue weighted by molar-refractivity contribution is 7.79. The average molecular weight is 553 g/mol. The molecule has 0 fully saturated rings. The summed E-state index contributed by atoms with van der Waals surface area (Å²) in [6.07, 6.45) is 3.35. The largest absolute Gasteiger partial charge is 0.451 e. The number of halogens is 2. The molecule has 0 aliphatic heterocycles. The number of aromatic amines is 2. The van der Waals surface area contributed by atoms with Gasteiger partial charge in [0.1, 0.15) is 17.2 Å². The van der Waals surface area contributed by atoms with Crippen LogP contribution in [0.2, 0.25) is 0 Å². The summed E-state index contributed by atoms with van der Waals surface area (Å²) in [5, 5.41) is 11.5. The number of nitrogens with one attached hydrogen (secondary N) is 2. The maximum absolute atomic E-state index is 14.8. The maximum atomic E-state index is 14.8. The number of hydrogen-bond donors (Lipinski definition) is 5. The first-order valence-electron chi connectivity index (χ1n) is 12.1. The van der Waals surface area contributed by atoms with E-state index in [1.165, 1.54) is 18.3 Å². The number of nitrogens with two attached hydrogens (primary N) is 1. The molecule has 0 aliphatic carbocycles. The molecule has 39 heavy (non-hydrogen) atoms. The Kier molecular flexibility index (Phi) is 9.86. The van der Waals surface area contributed by atoms with E-state index in [-0.39, 0.29) is 17.5 Å². The number of amides is 1. The van der Waals surface area contributed by atoms with E-state index < -0.39 is 23.0 Å². The van der Waals surface area contributed by atoms with Crippen molar-refractivity contribution in [2.45, 2.75) is 32.1 Å². The van der Waals surface area contributed by atoms with Crippen LogP contribution in [-0.2, 0) is 16.1 Å². The van der Waals surface area contributed by atoms with Crippen LogP contribution in [0.4, 0.5) is 8.78 Å². The fourth-order valence-electron chi connectivity index (χ4n) is 3.87. The van der Waals surface area contributed by atoms with Crippen LogP contribution in [0.25, 0.3) is 22.3 Å². The number of carbonyl (C=O) groups is 1. The third kappa shape index (κ3) is 6.47. The van der Waals surface area contributed by atoms with Crippen LogP contribution in [0.1, 0.15) is 37.6 Å². The van der Waals surface area contributed by atoms with Gasteiger partial charge in [0.25, 0.3) is 0 Å². The number of thiol groups is 1. The lowest BCUT2D eigenvalue weighted by molar-refractivity contribution is -0.106. The Morgan fingerprint density at radius 2 is 1.85 bits per heavy atom. The molecule has 2 heterocycles. The minimum atomic E-state index is -1.31. The molecule has 0 bridgehead atoms. The summed E-state index contributed by atoms with van der Waals surface area (Å²) >= 11 is 4.30. The van der Waals surface area contributed by atoms with Crippen molar-refractivity contribution in [2.24, 2.45) is 5.73 Å². The lowest BCUT2D eigenvalue weighted by atomic mass is 9.92. The van der Waals surface area contributed by atoms with E-state index in [4.69, 9.17) is 9.53 Å². The van der Waals surface area contributed by atoms with Crippen molar-refractivity contribution in [2.75, 3.05) is 0 Å². The number of imidazole rings is 1.